The summed E-state index contributed by atoms with van der Waals surface area (Å²) in [5, 5.41) is 0. The van der Waals surface area contributed by atoms with E-state index in [1.165, 1.54) is 12.5 Å². The Hall–Kier alpha value is -1.52. The van der Waals surface area contributed by atoms with Gasteiger partial charge in [-0.15, -0.1) is 0 Å². The number of alkyl halides is 2. The summed E-state index contributed by atoms with van der Waals surface area (Å²) in [6.45, 7) is 6.56. The number of nitrogens with two attached hydrogens (primary N) is 1. The third-order valence-corrected chi connectivity index (χ3v) is 2.46. The predicted octanol–water partition coefficient (Wildman–Crippen LogP) is 2.62. The van der Waals surface area contributed by atoms with Crippen LogP contribution in [0.2, 0.25) is 0 Å². The molecule has 2 N–H and O–H groups in total. The molecule has 3 nitrogen and oxygen atoms in total. The summed E-state index contributed by atoms with van der Waals surface area (Å²) in [6.07, 6.45) is 3.22. The molecule has 1 rings (SSSR count). The van der Waals surface area contributed by atoms with Crippen LogP contribution in [-0.4, -0.2) is 15.9 Å². The molecular weight excluding hydrogens is 212 g/mol. The molecule has 0 aliphatic rings. The molecule has 0 saturated heterocycles. The van der Waals surface area contributed by atoms with Crippen LogP contribution in [0.4, 0.5) is 14.6 Å². The van der Waals surface area contributed by atoms with E-state index in [-0.39, 0.29) is 17.3 Å². The van der Waals surface area contributed by atoms with E-state index < -0.39 is 11.8 Å². The lowest BCUT2D eigenvalue weighted by atomic mass is 9.84. The molecule has 0 saturated carbocycles. The SMILES string of the molecule is C=CC(F)(F)C(c1cncnc1N)C(C)C. The number of halogens is 2. The molecule has 1 aromatic rings. The Morgan fingerprint density at radius 3 is 2.56 bits per heavy atom. The van der Waals surface area contributed by atoms with Crippen LogP contribution in [0.1, 0.15) is 25.3 Å². The van der Waals surface area contributed by atoms with Gasteiger partial charge in [0.15, 0.2) is 0 Å². The third kappa shape index (κ3) is 2.35. The van der Waals surface area contributed by atoms with E-state index in [0.717, 1.165) is 0 Å². The maximum absolute atomic E-state index is 13.7. The van der Waals surface area contributed by atoms with Crippen molar-refractivity contribution in [3.8, 4) is 0 Å². The molecule has 1 heterocycles. The maximum atomic E-state index is 13.7. The van der Waals surface area contributed by atoms with E-state index in [1.54, 1.807) is 13.8 Å². The highest BCUT2D eigenvalue weighted by molar-refractivity contribution is 5.41. The Morgan fingerprint density at radius 1 is 1.50 bits per heavy atom. The summed E-state index contributed by atoms with van der Waals surface area (Å²) in [6, 6.07) is 0. The van der Waals surface area contributed by atoms with Crippen molar-refractivity contribution in [2.45, 2.75) is 25.7 Å². The van der Waals surface area contributed by atoms with Crippen LogP contribution in [0.15, 0.2) is 25.2 Å². The summed E-state index contributed by atoms with van der Waals surface area (Å²) < 4.78 is 27.4. The maximum Gasteiger partial charge on any atom is 0.273 e. The number of anilines is 1. The average molecular weight is 227 g/mol. The topological polar surface area (TPSA) is 51.8 Å². The first-order valence-corrected chi connectivity index (χ1v) is 4.97. The van der Waals surface area contributed by atoms with Gasteiger partial charge in [0, 0.05) is 11.8 Å². The minimum atomic E-state index is -3.02. The number of hydrogen-bond donors (Lipinski definition) is 1. The lowest BCUT2D eigenvalue weighted by molar-refractivity contribution is 0.00807. The van der Waals surface area contributed by atoms with Crippen molar-refractivity contribution in [2.75, 3.05) is 5.73 Å². The minimum absolute atomic E-state index is 0.0928. The monoisotopic (exact) mass is 227 g/mol. The fraction of sp³-hybridized carbons (Fsp3) is 0.455. The van der Waals surface area contributed by atoms with Crippen LogP contribution in [0.3, 0.4) is 0 Å². The first-order chi connectivity index (χ1) is 7.40. The summed E-state index contributed by atoms with van der Waals surface area (Å²) in [7, 11) is 0. The zero-order valence-corrected chi connectivity index (χ0v) is 9.32. The molecule has 88 valence electrons. The zero-order chi connectivity index (χ0) is 12.3. The largest absolute Gasteiger partial charge is 0.383 e. The van der Waals surface area contributed by atoms with Crippen molar-refractivity contribution in [1.29, 1.82) is 0 Å². The van der Waals surface area contributed by atoms with Crippen LogP contribution < -0.4 is 5.73 Å². The molecule has 0 aromatic carbocycles. The third-order valence-electron chi connectivity index (χ3n) is 2.46. The van der Waals surface area contributed by atoms with Gasteiger partial charge in [-0.25, -0.2) is 18.7 Å². The van der Waals surface area contributed by atoms with Gasteiger partial charge in [0.05, 0.1) is 5.92 Å². The smallest absolute Gasteiger partial charge is 0.273 e. The minimum Gasteiger partial charge on any atom is -0.383 e. The molecule has 1 aromatic heterocycles. The van der Waals surface area contributed by atoms with Gasteiger partial charge in [0.2, 0.25) is 0 Å². The number of nitrogen functional groups attached to an aromatic ring is 1. The highest BCUT2D eigenvalue weighted by Crippen LogP contribution is 2.41. The number of allylic oxidation sites excluding steroid dienone is 1. The van der Waals surface area contributed by atoms with Gasteiger partial charge in [-0.05, 0) is 12.0 Å². The van der Waals surface area contributed by atoms with E-state index in [9.17, 15) is 8.78 Å². The number of rotatable bonds is 4. The second-order valence-electron chi connectivity index (χ2n) is 3.96. The summed E-state index contributed by atoms with van der Waals surface area (Å²) in [5.41, 5.74) is 5.86. The molecule has 0 aliphatic heterocycles. The Labute approximate surface area is 93.4 Å². The fourth-order valence-corrected chi connectivity index (χ4v) is 1.73. The van der Waals surface area contributed by atoms with Crippen molar-refractivity contribution < 1.29 is 8.78 Å². The van der Waals surface area contributed by atoms with Crippen molar-refractivity contribution in [1.82, 2.24) is 9.97 Å². The standard InChI is InChI=1S/C11H15F2N3/c1-4-11(12,13)9(7(2)3)8-5-15-6-16-10(8)14/h4-7,9H,1H2,2-3H3,(H2,14,15,16). The number of hydrogen-bond acceptors (Lipinski definition) is 3. The fourth-order valence-electron chi connectivity index (χ4n) is 1.73. The molecule has 0 radical (unpaired) electrons. The number of aromatic nitrogens is 2. The predicted molar refractivity (Wildman–Crippen MR) is 59.2 cm³/mol. The van der Waals surface area contributed by atoms with Crippen LogP contribution in [-0.2, 0) is 0 Å². The van der Waals surface area contributed by atoms with Crippen LogP contribution in [0.5, 0.6) is 0 Å². The van der Waals surface area contributed by atoms with Crippen LogP contribution in [0.25, 0.3) is 0 Å². The van der Waals surface area contributed by atoms with Crippen molar-refractivity contribution >= 4 is 5.82 Å². The number of nitrogens with zero attached hydrogens (tertiary/aromatic N) is 2. The second kappa shape index (κ2) is 4.55. The van der Waals surface area contributed by atoms with Crippen molar-refractivity contribution in [3.63, 3.8) is 0 Å². The quantitative estimate of drug-likeness (QED) is 0.804. The molecule has 1 unspecified atom stereocenters. The molecule has 0 spiro atoms. The van der Waals surface area contributed by atoms with Crippen molar-refractivity contribution in [3.05, 3.63) is 30.7 Å². The first-order valence-electron chi connectivity index (χ1n) is 4.97. The van der Waals surface area contributed by atoms with E-state index >= 15 is 0 Å². The molecule has 0 fully saturated rings. The van der Waals surface area contributed by atoms with E-state index in [0.29, 0.717) is 6.08 Å². The summed E-state index contributed by atoms with van der Waals surface area (Å²) >= 11 is 0. The average Bonchev–Trinajstić information content (AvgIpc) is 2.20. The molecule has 16 heavy (non-hydrogen) atoms. The van der Waals surface area contributed by atoms with Gasteiger partial charge in [0.1, 0.15) is 12.1 Å². The summed E-state index contributed by atoms with van der Waals surface area (Å²) in [4.78, 5) is 7.47. The van der Waals surface area contributed by atoms with Gasteiger partial charge < -0.3 is 5.73 Å². The Bertz CT molecular complexity index is 377. The van der Waals surface area contributed by atoms with E-state index in [4.69, 9.17) is 5.73 Å². The zero-order valence-electron chi connectivity index (χ0n) is 9.32. The molecule has 5 heteroatoms. The molecule has 0 bridgehead atoms. The van der Waals surface area contributed by atoms with Gasteiger partial charge in [-0.3, -0.25) is 0 Å². The molecular formula is C11H15F2N3. The first kappa shape index (κ1) is 12.5. The van der Waals surface area contributed by atoms with E-state index in [2.05, 4.69) is 16.5 Å². The van der Waals surface area contributed by atoms with Crippen LogP contribution >= 0.6 is 0 Å². The Kier molecular flexibility index (Phi) is 3.57. The van der Waals surface area contributed by atoms with Gasteiger partial charge in [-0.2, -0.15) is 0 Å². The Balaban J connectivity index is 3.24. The second-order valence-corrected chi connectivity index (χ2v) is 3.96. The lowest BCUT2D eigenvalue weighted by Gasteiger charge is -2.28. The summed E-state index contributed by atoms with van der Waals surface area (Å²) in [5.74, 6) is -4.27. The van der Waals surface area contributed by atoms with Gasteiger partial charge in [-0.1, -0.05) is 20.4 Å². The molecule has 0 aliphatic carbocycles. The lowest BCUT2D eigenvalue weighted by Crippen LogP contribution is -2.29. The van der Waals surface area contributed by atoms with E-state index in [1.807, 2.05) is 0 Å². The highest BCUT2D eigenvalue weighted by atomic mass is 19.3. The molecule has 1 atom stereocenters. The van der Waals surface area contributed by atoms with Gasteiger partial charge >= 0.3 is 0 Å². The van der Waals surface area contributed by atoms with Crippen LogP contribution in [0, 0.1) is 5.92 Å². The Morgan fingerprint density at radius 2 is 2.12 bits per heavy atom. The molecule has 0 amide bonds. The van der Waals surface area contributed by atoms with Crippen molar-refractivity contribution in [2.24, 2.45) is 5.92 Å². The normalized spacial score (nSPS) is 13.8. The van der Waals surface area contributed by atoms with Gasteiger partial charge in [0.25, 0.3) is 5.92 Å². The highest BCUT2D eigenvalue weighted by Gasteiger charge is 2.40.